The molecule has 0 unspecified atom stereocenters. The molecule has 0 fully saturated rings. The van der Waals surface area contributed by atoms with Gasteiger partial charge in [-0.2, -0.15) is 0 Å². The molecule has 27 heavy (non-hydrogen) atoms. The summed E-state index contributed by atoms with van der Waals surface area (Å²) in [7, 11) is 0. The third-order valence-corrected chi connectivity index (χ3v) is 3.69. The van der Waals surface area contributed by atoms with Crippen molar-refractivity contribution < 1.29 is 28.6 Å². The number of esters is 1. The minimum absolute atomic E-state index is 0.108. The molecule has 0 saturated carbocycles. The maximum absolute atomic E-state index is 12.1. The Labute approximate surface area is 155 Å². The van der Waals surface area contributed by atoms with Gasteiger partial charge in [-0.3, -0.25) is 14.4 Å². The highest BCUT2D eigenvalue weighted by atomic mass is 16.7. The van der Waals surface area contributed by atoms with Crippen molar-refractivity contribution in [3.63, 3.8) is 0 Å². The second-order valence-electron chi connectivity index (χ2n) is 5.83. The van der Waals surface area contributed by atoms with Crippen LogP contribution in [0.1, 0.15) is 15.9 Å². The van der Waals surface area contributed by atoms with E-state index in [1.54, 1.807) is 24.3 Å². The Bertz CT molecular complexity index is 880. The molecule has 0 aromatic heterocycles. The lowest BCUT2D eigenvalue weighted by atomic mass is 10.2. The molecule has 1 heterocycles. The minimum atomic E-state index is -0.719. The normalized spacial score (nSPS) is 11.6. The highest BCUT2D eigenvalue weighted by molar-refractivity contribution is 5.97. The molecule has 8 nitrogen and oxygen atoms in total. The number of hydrogen-bond acceptors (Lipinski definition) is 6. The number of fused-ring (bicyclic) bond motifs is 1. The summed E-state index contributed by atoms with van der Waals surface area (Å²) in [6.45, 7) is 1.22. The lowest BCUT2D eigenvalue weighted by molar-refractivity contribution is -0.146. The van der Waals surface area contributed by atoms with Gasteiger partial charge in [0.15, 0.2) is 18.1 Å². The molecule has 2 aromatic carbocycles. The van der Waals surface area contributed by atoms with Gasteiger partial charge in [0.1, 0.15) is 6.54 Å². The minimum Gasteiger partial charge on any atom is -0.454 e. The Kier molecular flexibility index (Phi) is 5.55. The molecule has 2 N–H and O–H groups in total. The van der Waals surface area contributed by atoms with Crippen LogP contribution in [0.2, 0.25) is 0 Å². The van der Waals surface area contributed by atoms with Crippen molar-refractivity contribution in [1.82, 2.24) is 5.32 Å². The molecule has 140 valence electrons. The summed E-state index contributed by atoms with van der Waals surface area (Å²) in [5, 5.41) is 5.05. The number of carbonyl (C=O) groups excluding carboxylic acids is 3. The highest BCUT2D eigenvalue weighted by Gasteiger charge is 2.17. The molecule has 8 heteroatoms. The van der Waals surface area contributed by atoms with Crippen LogP contribution in [0.15, 0.2) is 42.5 Å². The van der Waals surface area contributed by atoms with E-state index in [0.717, 1.165) is 5.56 Å². The average molecular weight is 370 g/mol. The van der Waals surface area contributed by atoms with Crippen LogP contribution in [0.25, 0.3) is 0 Å². The van der Waals surface area contributed by atoms with Crippen LogP contribution in [0.4, 0.5) is 5.69 Å². The Hall–Kier alpha value is -3.55. The smallest absolute Gasteiger partial charge is 0.325 e. The fourth-order valence-electron chi connectivity index (χ4n) is 2.41. The SMILES string of the molecule is Cc1cccc(NC(=O)COC(=O)CNC(=O)c2ccc3c(c2)OCO3)c1. The van der Waals surface area contributed by atoms with E-state index < -0.39 is 24.4 Å². The van der Waals surface area contributed by atoms with Gasteiger partial charge in [0.2, 0.25) is 6.79 Å². The highest BCUT2D eigenvalue weighted by Crippen LogP contribution is 2.32. The molecule has 2 aromatic rings. The molecule has 2 amide bonds. The van der Waals surface area contributed by atoms with Crippen molar-refractivity contribution in [3.8, 4) is 11.5 Å². The first-order valence-corrected chi connectivity index (χ1v) is 8.21. The van der Waals surface area contributed by atoms with E-state index >= 15 is 0 Å². The van der Waals surface area contributed by atoms with E-state index in [9.17, 15) is 14.4 Å². The van der Waals surface area contributed by atoms with Crippen LogP contribution < -0.4 is 20.1 Å². The number of hydrogen-bond donors (Lipinski definition) is 2. The standard InChI is InChI=1S/C19H18N2O6/c1-12-3-2-4-14(7-12)21-17(22)10-25-18(23)9-20-19(24)13-5-6-15-16(8-13)27-11-26-15/h2-8H,9-11H2,1H3,(H,20,24)(H,21,22). The molecule has 0 atom stereocenters. The maximum atomic E-state index is 12.1. The quantitative estimate of drug-likeness (QED) is 0.750. The first-order chi connectivity index (χ1) is 13.0. The van der Waals surface area contributed by atoms with E-state index in [4.69, 9.17) is 14.2 Å². The molecule has 3 rings (SSSR count). The Morgan fingerprint density at radius 1 is 1.07 bits per heavy atom. The molecule has 0 saturated heterocycles. The third-order valence-electron chi connectivity index (χ3n) is 3.69. The van der Waals surface area contributed by atoms with E-state index in [1.807, 2.05) is 19.1 Å². The predicted molar refractivity (Wildman–Crippen MR) is 95.7 cm³/mol. The van der Waals surface area contributed by atoms with Gasteiger partial charge in [0.05, 0.1) is 0 Å². The largest absolute Gasteiger partial charge is 0.454 e. The van der Waals surface area contributed by atoms with Gasteiger partial charge in [0, 0.05) is 11.3 Å². The Balaban J connectivity index is 1.41. The van der Waals surface area contributed by atoms with Crippen molar-refractivity contribution >= 4 is 23.5 Å². The van der Waals surface area contributed by atoms with Crippen molar-refractivity contribution in [2.45, 2.75) is 6.92 Å². The fourth-order valence-corrected chi connectivity index (χ4v) is 2.41. The molecule has 0 radical (unpaired) electrons. The average Bonchev–Trinajstić information content (AvgIpc) is 3.12. The van der Waals surface area contributed by atoms with Gasteiger partial charge < -0.3 is 24.8 Å². The number of rotatable bonds is 6. The molecule has 0 aliphatic carbocycles. The summed E-state index contributed by atoms with van der Waals surface area (Å²) in [6.07, 6.45) is 0. The van der Waals surface area contributed by atoms with E-state index in [0.29, 0.717) is 22.7 Å². The molecule has 1 aliphatic heterocycles. The summed E-state index contributed by atoms with van der Waals surface area (Å²) in [4.78, 5) is 35.6. The van der Waals surface area contributed by atoms with Gasteiger partial charge in [-0.15, -0.1) is 0 Å². The van der Waals surface area contributed by atoms with Gasteiger partial charge in [-0.05, 0) is 42.8 Å². The van der Waals surface area contributed by atoms with Crippen molar-refractivity contribution in [3.05, 3.63) is 53.6 Å². The monoisotopic (exact) mass is 370 g/mol. The van der Waals surface area contributed by atoms with Crippen LogP contribution in [0.3, 0.4) is 0 Å². The van der Waals surface area contributed by atoms with Crippen LogP contribution in [0, 0.1) is 6.92 Å². The lowest BCUT2D eigenvalue weighted by Gasteiger charge is -2.08. The number of benzene rings is 2. The van der Waals surface area contributed by atoms with Gasteiger partial charge in [0.25, 0.3) is 11.8 Å². The first kappa shape index (κ1) is 18.2. The molecule has 1 aliphatic rings. The first-order valence-electron chi connectivity index (χ1n) is 8.21. The molecule has 0 bridgehead atoms. The molecular weight excluding hydrogens is 352 g/mol. The Morgan fingerprint density at radius 3 is 2.70 bits per heavy atom. The van der Waals surface area contributed by atoms with Crippen molar-refractivity contribution in [2.24, 2.45) is 0 Å². The maximum Gasteiger partial charge on any atom is 0.325 e. The summed E-state index contributed by atoms with van der Waals surface area (Å²) in [5.74, 6) is -0.613. The molecular formula is C19H18N2O6. The van der Waals surface area contributed by atoms with Gasteiger partial charge >= 0.3 is 5.97 Å². The second kappa shape index (κ2) is 8.22. The number of amides is 2. The molecule has 0 spiro atoms. The van der Waals surface area contributed by atoms with Crippen LogP contribution in [-0.4, -0.2) is 37.7 Å². The number of nitrogens with one attached hydrogen (secondary N) is 2. The van der Waals surface area contributed by atoms with E-state index in [1.165, 1.54) is 6.07 Å². The topological polar surface area (TPSA) is 103 Å². The number of ether oxygens (including phenoxy) is 3. The predicted octanol–water partition coefficient (Wildman–Crippen LogP) is 1.64. The van der Waals surface area contributed by atoms with Crippen LogP contribution in [0.5, 0.6) is 11.5 Å². The van der Waals surface area contributed by atoms with Crippen LogP contribution in [-0.2, 0) is 14.3 Å². The summed E-state index contributed by atoms with van der Waals surface area (Å²) in [6, 6.07) is 11.9. The number of carbonyl (C=O) groups is 3. The summed E-state index contributed by atoms with van der Waals surface area (Å²) < 4.78 is 15.2. The van der Waals surface area contributed by atoms with E-state index in [-0.39, 0.29) is 13.3 Å². The number of aryl methyl sites for hydroxylation is 1. The Morgan fingerprint density at radius 2 is 1.89 bits per heavy atom. The fraction of sp³-hybridized carbons (Fsp3) is 0.211. The lowest BCUT2D eigenvalue weighted by Crippen LogP contribution is -2.32. The second-order valence-corrected chi connectivity index (χ2v) is 5.83. The van der Waals surface area contributed by atoms with Crippen molar-refractivity contribution in [2.75, 3.05) is 25.3 Å². The van der Waals surface area contributed by atoms with Gasteiger partial charge in [-0.1, -0.05) is 12.1 Å². The zero-order chi connectivity index (χ0) is 19.2. The zero-order valence-corrected chi connectivity index (χ0v) is 14.6. The third kappa shape index (κ3) is 4.97. The zero-order valence-electron chi connectivity index (χ0n) is 14.6. The van der Waals surface area contributed by atoms with Gasteiger partial charge in [-0.25, -0.2) is 0 Å². The van der Waals surface area contributed by atoms with Crippen molar-refractivity contribution in [1.29, 1.82) is 0 Å². The summed E-state index contributed by atoms with van der Waals surface area (Å²) >= 11 is 0. The number of anilines is 1. The summed E-state index contributed by atoms with van der Waals surface area (Å²) in [5.41, 5.74) is 1.94. The van der Waals surface area contributed by atoms with Crippen LogP contribution >= 0.6 is 0 Å². The van der Waals surface area contributed by atoms with E-state index in [2.05, 4.69) is 10.6 Å².